The molecule has 8 nitrogen and oxygen atoms in total. The molecule has 8 heteroatoms. The van der Waals surface area contributed by atoms with Gasteiger partial charge in [-0.05, 0) is 6.92 Å². The van der Waals surface area contributed by atoms with Gasteiger partial charge < -0.3 is 10.2 Å². The van der Waals surface area contributed by atoms with E-state index in [0.717, 1.165) is 10.5 Å². The molecule has 4 amide bonds. The maximum Gasteiger partial charge on any atom is 0.327 e. The summed E-state index contributed by atoms with van der Waals surface area (Å²) in [6.07, 6.45) is 3.27. The molecular formula is C11H15N5O3. The van der Waals surface area contributed by atoms with Crippen LogP contribution >= 0.6 is 0 Å². The van der Waals surface area contributed by atoms with E-state index < -0.39 is 6.03 Å². The van der Waals surface area contributed by atoms with Gasteiger partial charge in [-0.25, -0.2) is 4.79 Å². The molecule has 1 atom stereocenters. The van der Waals surface area contributed by atoms with Crippen molar-refractivity contribution in [3.05, 3.63) is 18.0 Å². The molecule has 1 saturated heterocycles. The van der Waals surface area contributed by atoms with Gasteiger partial charge >= 0.3 is 6.03 Å². The molecule has 0 bridgehead atoms. The van der Waals surface area contributed by atoms with Gasteiger partial charge in [-0.3, -0.25) is 19.6 Å². The molecule has 1 fully saturated rings. The maximum absolute atomic E-state index is 11.8. The Labute approximate surface area is 109 Å². The van der Waals surface area contributed by atoms with Crippen molar-refractivity contribution in [1.82, 2.24) is 25.3 Å². The van der Waals surface area contributed by atoms with E-state index in [-0.39, 0.29) is 30.9 Å². The highest BCUT2D eigenvalue weighted by Crippen LogP contribution is 2.10. The van der Waals surface area contributed by atoms with Crippen molar-refractivity contribution in [3.8, 4) is 0 Å². The van der Waals surface area contributed by atoms with Crippen LogP contribution in [0, 0.1) is 0 Å². The fourth-order valence-corrected chi connectivity index (χ4v) is 1.84. The van der Waals surface area contributed by atoms with Gasteiger partial charge in [0.2, 0.25) is 5.91 Å². The molecule has 1 aliphatic rings. The van der Waals surface area contributed by atoms with Crippen LogP contribution in [0.4, 0.5) is 4.79 Å². The van der Waals surface area contributed by atoms with Gasteiger partial charge in [-0.2, -0.15) is 5.10 Å². The van der Waals surface area contributed by atoms with Crippen molar-refractivity contribution in [1.29, 1.82) is 0 Å². The van der Waals surface area contributed by atoms with Crippen LogP contribution in [0.5, 0.6) is 0 Å². The SMILES string of the molecule is CC(NC(=O)CN1C(=O)CN(C)C1=O)c1cn[nH]c1. The maximum atomic E-state index is 11.8. The minimum Gasteiger partial charge on any atom is -0.348 e. The lowest BCUT2D eigenvalue weighted by molar-refractivity contribution is -0.131. The number of carbonyl (C=O) groups excluding carboxylic acids is 3. The van der Waals surface area contributed by atoms with Gasteiger partial charge in [-0.1, -0.05) is 0 Å². The Kier molecular flexibility index (Phi) is 3.50. The Hall–Kier alpha value is -2.38. The summed E-state index contributed by atoms with van der Waals surface area (Å²) in [7, 11) is 1.52. The van der Waals surface area contributed by atoms with Crippen molar-refractivity contribution in [2.45, 2.75) is 13.0 Å². The van der Waals surface area contributed by atoms with Crippen molar-refractivity contribution in [3.63, 3.8) is 0 Å². The van der Waals surface area contributed by atoms with E-state index >= 15 is 0 Å². The van der Waals surface area contributed by atoms with Crippen LogP contribution in [0.3, 0.4) is 0 Å². The largest absolute Gasteiger partial charge is 0.348 e. The van der Waals surface area contributed by atoms with E-state index in [4.69, 9.17) is 0 Å². The summed E-state index contributed by atoms with van der Waals surface area (Å²) < 4.78 is 0. The molecule has 1 aromatic heterocycles. The first kappa shape index (κ1) is 13.1. The molecule has 1 aromatic rings. The number of nitrogens with one attached hydrogen (secondary N) is 2. The quantitative estimate of drug-likeness (QED) is 0.716. The van der Waals surface area contributed by atoms with E-state index in [1.54, 1.807) is 19.3 Å². The number of likely N-dealkylation sites (N-methyl/N-ethyl adjacent to an activating group) is 1. The number of hydrogen-bond acceptors (Lipinski definition) is 4. The number of carbonyl (C=O) groups is 3. The Morgan fingerprint density at radius 3 is 2.84 bits per heavy atom. The molecule has 19 heavy (non-hydrogen) atoms. The zero-order valence-electron chi connectivity index (χ0n) is 10.7. The molecular weight excluding hydrogens is 250 g/mol. The summed E-state index contributed by atoms with van der Waals surface area (Å²) in [5.74, 6) is -0.746. The zero-order chi connectivity index (χ0) is 14.0. The lowest BCUT2D eigenvalue weighted by Crippen LogP contribution is -2.41. The lowest BCUT2D eigenvalue weighted by atomic mass is 10.2. The number of urea groups is 1. The lowest BCUT2D eigenvalue weighted by Gasteiger charge is -2.16. The van der Waals surface area contributed by atoms with Gasteiger partial charge in [0.1, 0.15) is 13.1 Å². The summed E-state index contributed by atoms with van der Waals surface area (Å²) in [6, 6.07) is -0.687. The predicted octanol–water partition coefficient (Wildman–Crippen LogP) is -0.519. The summed E-state index contributed by atoms with van der Waals surface area (Å²) in [5, 5.41) is 9.14. The number of hydrogen-bond donors (Lipinski definition) is 2. The Balaban J connectivity index is 1.91. The molecule has 0 aromatic carbocycles. The fourth-order valence-electron chi connectivity index (χ4n) is 1.84. The highest BCUT2D eigenvalue weighted by molar-refractivity contribution is 6.04. The Bertz CT molecular complexity index is 498. The minimum absolute atomic E-state index is 0.0173. The molecule has 102 valence electrons. The summed E-state index contributed by atoms with van der Waals surface area (Å²) in [5.41, 5.74) is 0.824. The first-order chi connectivity index (χ1) is 8.99. The number of amides is 4. The van der Waals surface area contributed by atoms with E-state index in [1.165, 1.54) is 11.9 Å². The van der Waals surface area contributed by atoms with E-state index in [2.05, 4.69) is 15.5 Å². The van der Waals surface area contributed by atoms with Crippen LogP contribution in [-0.4, -0.2) is 58.0 Å². The second-order valence-corrected chi connectivity index (χ2v) is 4.44. The first-order valence-corrected chi connectivity index (χ1v) is 5.82. The van der Waals surface area contributed by atoms with Crippen LogP contribution in [0.15, 0.2) is 12.4 Å². The summed E-state index contributed by atoms with van der Waals surface area (Å²) >= 11 is 0. The third-order valence-corrected chi connectivity index (χ3v) is 2.93. The smallest absolute Gasteiger partial charge is 0.327 e. The average Bonchev–Trinajstić information content (AvgIpc) is 2.94. The predicted molar refractivity (Wildman–Crippen MR) is 64.9 cm³/mol. The Morgan fingerprint density at radius 1 is 1.58 bits per heavy atom. The molecule has 2 rings (SSSR count). The molecule has 0 spiro atoms. The van der Waals surface area contributed by atoms with E-state index in [9.17, 15) is 14.4 Å². The van der Waals surface area contributed by atoms with Gasteiger partial charge in [0.15, 0.2) is 0 Å². The molecule has 0 radical (unpaired) electrons. The normalized spacial score (nSPS) is 16.9. The second kappa shape index (κ2) is 5.09. The van der Waals surface area contributed by atoms with Crippen molar-refractivity contribution < 1.29 is 14.4 Å². The van der Waals surface area contributed by atoms with Gasteiger partial charge in [0, 0.05) is 18.8 Å². The molecule has 0 saturated carbocycles. The van der Waals surface area contributed by atoms with E-state index in [1.807, 2.05) is 0 Å². The average molecular weight is 265 g/mol. The van der Waals surface area contributed by atoms with Gasteiger partial charge in [0.25, 0.3) is 5.91 Å². The number of imide groups is 1. The molecule has 1 aliphatic heterocycles. The number of H-pyrrole nitrogens is 1. The topological polar surface area (TPSA) is 98.4 Å². The van der Waals surface area contributed by atoms with Crippen LogP contribution in [-0.2, 0) is 9.59 Å². The number of aromatic nitrogens is 2. The number of nitrogens with zero attached hydrogens (tertiary/aromatic N) is 3. The van der Waals surface area contributed by atoms with E-state index in [0.29, 0.717) is 0 Å². The third kappa shape index (κ3) is 2.72. The summed E-state index contributed by atoms with van der Waals surface area (Å²) in [4.78, 5) is 37.1. The molecule has 0 aliphatic carbocycles. The third-order valence-electron chi connectivity index (χ3n) is 2.93. The van der Waals surface area contributed by atoms with Gasteiger partial charge in [0.05, 0.1) is 12.2 Å². The van der Waals surface area contributed by atoms with Crippen LogP contribution in [0.1, 0.15) is 18.5 Å². The standard InChI is InChI=1S/C11H15N5O3/c1-7(8-3-12-13-4-8)14-9(17)5-16-10(18)6-15(2)11(16)19/h3-4,7H,5-6H2,1-2H3,(H,12,13)(H,14,17). The fraction of sp³-hybridized carbons (Fsp3) is 0.455. The van der Waals surface area contributed by atoms with Gasteiger partial charge in [-0.15, -0.1) is 0 Å². The molecule has 2 heterocycles. The first-order valence-electron chi connectivity index (χ1n) is 5.82. The number of rotatable bonds is 4. The number of aromatic amines is 1. The van der Waals surface area contributed by atoms with Crippen LogP contribution in [0.25, 0.3) is 0 Å². The molecule has 2 N–H and O–H groups in total. The van der Waals surface area contributed by atoms with Crippen LogP contribution < -0.4 is 5.32 Å². The second-order valence-electron chi connectivity index (χ2n) is 4.44. The Morgan fingerprint density at radius 2 is 2.32 bits per heavy atom. The zero-order valence-corrected chi connectivity index (χ0v) is 10.7. The summed E-state index contributed by atoms with van der Waals surface area (Å²) in [6.45, 7) is 1.55. The molecule has 1 unspecified atom stereocenters. The monoisotopic (exact) mass is 265 g/mol. The van der Waals surface area contributed by atoms with Crippen molar-refractivity contribution in [2.24, 2.45) is 0 Å². The highest BCUT2D eigenvalue weighted by atomic mass is 16.2. The highest BCUT2D eigenvalue weighted by Gasteiger charge is 2.34. The van der Waals surface area contributed by atoms with Crippen molar-refractivity contribution >= 4 is 17.8 Å². The minimum atomic E-state index is -0.448. The van der Waals surface area contributed by atoms with Crippen LogP contribution in [0.2, 0.25) is 0 Å². The van der Waals surface area contributed by atoms with Crippen molar-refractivity contribution in [2.75, 3.05) is 20.1 Å².